The maximum Gasteiger partial charge on any atom is 0.261 e. The fourth-order valence-corrected chi connectivity index (χ4v) is 4.32. The molecule has 0 saturated heterocycles. The number of fused-ring (bicyclic) bond motifs is 1. The zero-order valence-corrected chi connectivity index (χ0v) is 16.2. The van der Waals surface area contributed by atoms with Gasteiger partial charge in [0.2, 0.25) is 5.91 Å². The Morgan fingerprint density at radius 1 is 1.12 bits per heavy atom. The van der Waals surface area contributed by atoms with Gasteiger partial charge < -0.3 is 4.90 Å². The van der Waals surface area contributed by atoms with Gasteiger partial charge in [0.1, 0.15) is 0 Å². The summed E-state index contributed by atoms with van der Waals surface area (Å²) in [6, 6.07) is 10.5. The number of aryl methyl sites for hydroxylation is 3. The second-order valence-electron chi connectivity index (χ2n) is 6.70. The predicted molar refractivity (Wildman–Crippen MR) is 104 cm³/mol. The quantitative estimate of drug-likeness (QED) is 0.888. The second kappa shape index (κ2) is 7.11. The first kappa shape index (κ1) is 18.5. The van der Waals surface area contributed by atoms with Gasteiger partial charge in [0.25, 0.3) is 10.0 Å². The molecule has 1 heterocycles. The molecular weight excluding hydrogens is 348 g/mol. The standard InChI is InChI=1S/C20H24N2O3S/c1-4-20(23)22-11-5-6-16-8-9-17(13-19(16)22)21-26(24,25)18-10-7-14(2)15(3)12-18/h7-10,12-13,21H,4-6,11H2,1-3H3. The van der Waals surface area contributed by atoms with Crippen LogP contribution >= 0.6 is 0 Å². The number of carbonyl (C=O) groups is 1. The summed E-state index contributed by atoms with van der Waals surface area (Å²) >= 11 is 0. The van der Waals surface area contributed by atoms with Crippen molar-refractivity contribution in [1.82, 2.24) is 0 Å². The van der Waals surface area contributed by atoms with E-state index in [1.807, 2.05) is 26.8 Å². The second-order valence-corrected chi connectivity index (χ2v) is 8.38. The lowest BCUT2D eigenvalue weighted by Gasteiger charge is -2.29. The summed E-state index contributed by atoms with van der Waals surface area (Å²) in [5.41, 5.74) is 4.33. The van der Waals surface area contributed by atoms with E-state index in [0.717, 1.165) is 35.2 Å². The normalized spacial score (nSPS) is 14.0. The first-order valence-electron chi connectivity index (χ1n) is 8.85. The number of hydrogen-bond acceptors (Lipinski definition) is 3. The molecule has 3 rings (SSSR count). The number of nitrogens with one attached hydrogen (secondary N) is 1. The minimum Gasteiger partial charge on any atom is -0.312 e. The Kier molecular flexibility index (Phi) is 5.05. The average Bonchev–Trinajstić information content (AvgIpc) is 2.62. The van der Waals surface area contributed by atoms with E-state index < -0.39 is 10.0 Å². The summed E-state index contributed by atoms with van der Waals surface area (Å²) < 4.78 is 28.1. The zero-order chi connectivity index (χ0) is 18.9. The van der Waals surface area contributed by atoms with Crippen LogP contribution in [0.1, 0.15) is 36.5 Å². The molecule has 1 aliphatic rings. The Hall–Kier alpha value is -2.34. The van der Waals surface area contributed by atoms with Gasteiger partial charge in [-0.3, -0.25) is 9.52 Å². The molecule has 2 aromatic rings. The van der Waals surface area contributed by atoms with E-state index in [1.54, 1.807) is 35.2 Å². The number of rotatable bonds is 4. The van der Waals surface area contributed by atoms with Gasteiger partial charge in [-0.15, -0.1) is 0 Å². The smallest absolute Gasteiger partial charge is 0.261 e. The van der Waals surface area contributed by atoms with E-state index in [4.69, 9.17) is 0 Å². The molecule has 5 nitrogen and oxygen atoms in total. The molecule has 0 radical (unpaired) electrons. The van der Waals surface area contributed by atoms with Crippen LogP contribution in [0.2, 0.25) is 0 Å². The van der Waals surface area contributed by atoms with Crippen molar-refractivity contribution in [3.8, 4) is 0 Å². The maximum atomic E-state index is 12.7. The van der Waals surface area contributed by atoms with Gasteiger partial charge in [0.15, 0.2) is 0 Å². The molecule has 26 heavy (non-hydrogen) atoms. The van der Waals surface area contributed by atoms with Crippen LogP contribution < -0.4 is 9.62 Å². The van der Waals surface area contributed by atoms with Crippen molar-refractivity contribution in [2.24, 2.45) is 0 Å². The third-order valence-corrected chi connectivity index (χ3v) is 6.23. The van der Waals surface area contributed by atoms with Crippen molar-refractivity contribution in [3.63, 3.8) is 0 Å². The highest BCUT2D eigenvalue weighted by atomic mass is 32.2. The Labute approximate surface area is 155 Å². The molecule has 0 aliphatic carbocycles. The highest BCUT2D eigenvalue weighted by molar-refractivity contribution is 7.92. The van der Waals surface area contributed by atoms with Crippen LogP contribution in [-0.4, -0.2) is 20.9 Å². The Balaban J connectivity index is 1.93. The molecule has 1 N–H and O–H groups in total. The van der Waals surface area contributed by atoms with Crippen LogP contribution in [-0.2, 0) is 21.2 Å². The number of benzene rings is 2. The van der Waals surface area contributed by atoms with Crippen LogP contribution in [0.4, 0.5) is 11.4 Å². The Bertz CT molecular complexity index is 952. The maximum absolute atomic E-state index is 12.7. The first-order chi connectivity index (χ1) is 12.3. The van der Waals surface area contributed by atoms with Gasteiger partial charge >= 0.3 is 0 Å². The van der Waals surface area contributed by atoms with Crippen molar-refractivity contribution in [1.29, 1.82) is 0 Å². The van der Waals surface area contributed by atoms with E-state index in [1.165, 1.54) is 0 Å². The molecule has 0 atom stereocenters. The van der Waals surface area contributed by atoms with Crippen LogP contribution in [0.25, 0.3) is 0 Å². The largest absolute Gasteiger partial charge is 0.312 e. The third-order valence-electron chi connectivity index (χ3n) is 4.85. The highest BCUT2D eigenvalue weighted by Crippen LogP contribution is 2.31. The number of nitrogens with zero attached hydrogens (tertiary/aromatic N) is 1. The predicted octanol–water partition coefficient (Wildman–Crippen LogP) is 3.79. The first-order valence-corrected chi connectivity index (χ1v) is 10.3. The topological polar surface area (TPSA) is 66.5 Å². The van der Waals surface area contributed by atoms with Crippen LogP contribution in [0.3, 0.4) is 0 Å². The van der Waals surface area contributed by atoms with E-state index in [0.29, 0.717) is 18.7 Å². The molecule has 0 fully saturated rings. The lowest BCUT2D eigenvalue weighted by molar-refractivity contribution is -0.118. The molecule has 0 unspecified atom stereocenters. The fraction of sp³-hybridized carbons (Fsp3) is 0.350. The minimum absolute atomic E-state index is 0.0557. The van der Waals surface area contributed by atoms with E-state index in [2.05, 4.69) is 4.72 Å². The fourth-order valence-electron chi connectivity index (χ4n) is 3.18. The molecule has 138 valence electrons. The number of amides is 1. The molecule has 0 spiro atoms. The third kappa shape index (κ3) is 3.60. The van der Waals surface area contributed by atoms with Gasteiger partial charge in [-0.1, -0.05) is 19.1 Å². The van der Waals surface area contributed by atoms with Gasteiger partial charge in [0, 0.05) is 18.7 Å². The summed E-state index contributed by atoms with van der Waals surface area (Å²) in [6.07, 6.45) is 2.25. The number of sulfonamides is 1. The van der Waals surface area contributed by atoms with Crippen molar-refractivity contribution in [2.75, 3.05) is 16.2 Å². The number of anilines is 2. The van der Waals surface area contributed by atoms with E-state index in [9.17, 15) is 13.2 Å². The van der Waals surface area contributed by atoms with Crippen LogP contribution in [0.5, 0.6) is 0 Å². The zero-order valence-electron chi connectivity index (χ0n) is 15.4. The van der Waals surface area contributed by atoms with Crippen molar-refractivity contribution < 1.29 is 13.2 Å². The lowest BCUT2D eigenvalue weighted by atomic mass is 10.0. The summed E-state index contributed by atoms with van der Waals surface area (Å²) in [5.74, 6) is 0.0557. The molecule has 2 aromatic carbocycles. The van der Waals surface area contributed by atoms with Gasteiger partial charge in [-0.25, -0.2) is 8.42 Å². The summed E-state index contributed by atoms with van der Waals surface area (Å²) in [6.45, 7) is 6.35. The SMILES string of the molecule is CCC(=O)N1CCCc2ccc(NS(=O)(=O)c3ccc(C)c(C)c3)cc21. The average molecular weight is 372 g/mol. The van der Waals surface area contributed by atoms with Gasteiger partial charge in [-0.2, -0.15) is 0 Å². The summed E-state index contributed by atoms with van der Waals surface area (Å²) in [5, 5.41) is 0. The highest BCUT2D eigenvalue weighted by Gasteiger charge is 2.23. The summed E-state index contributed by atoms with van der Waals surface area (Å²) in [4.78, 5) is 14.2. The van der Waals surface area contributed by atoms with Crippen molar-refractivity contribution >= 4 is 27.3 Å². The Morgan fingerprint density at radius 2 is 1.88 bits per heavy atom. The van der Waals surface area contributed by atoms with E-state index >= 15 is 0 Å². The monoisotopic (exact) mass is 372 g/mol. The Morgan fingerprint density at radius 3 is 2.58 bits per heavy atom. The molecule has 0 bridgehead atoms. The molecule has 0 aromatic heterocycles. The van der Waals surface area contributed by atoms with Gasteiger partial charge in [-0.05, 0) is 67.6 Å². The number of hydrogen-bond donors (Lipinski definition) is 1. The lowest BCUT2D eigenvalue weighted by Crippen LogP contribution is -2.35. The van der Waals surface area contributed by atoms with Crippen molar-refractivity contribution in [2.45, 2.75) is 44.9 Å². The molecule has 6 heteroatoms. The van der Waals surface area contributed by atoms with Gasteiger partial charge in [0.05, 0.1) is 10.6 Å². The van der Waals surface area contributed by atoms with Crippen molar-refractivity contribution in [3.05, 3.63) is 53.1 Å². The van der Waals surface area contributed by atoms with E-state index in [-0.39, 0.29) is 10.8 Å². The van der Waals surface area contributed by atoms with Crippen LogP contribution in [0.15, 0.2) is 41.3 Å². The molecule has 1 aliphatic heterocycles. The molecular formula is C20H24N2O3S. The molecule has 1 amide bonds. The summed E-state index contributed by atoms with van der Waals surface area (Å²) in [7, 11) is -3.68. The number of carbonyl (C=O) groups excluding carboxylic acids is 1. The van der Waals surface area contributed by atoms with Crippen LogP contribution in [0, 0.1) is 13.8 Å². The molecule has 0 saturated carbocycles. The minimum atomic E-state index is -3.68.